The summed E-state index contributed by atoms with van der Waals surface area (Å²) in [6.45, 7) is 1.89. The first-order valence-corrected chi connectivity index (χ1v) is 5.52. The lowest BCUT2D eigenvalue weighted by Crippen LogP contribution is -2.04. The Morgan fingerprint density at radius 2 is 2.42 bits per heavy atom. The molecule has 0 spiro atoms. The summed E-state index contributed by atoms with van der Waals surface area (Å²) in [6.07, 6.45) is 1.57. The van der Waals surface area contributed by atoms with Crippen LogP contribution in [0.15, 0.2) is 6.20 Å². The van der Waals surface area contributed by atoms with Crippen LogP contribution < -0.4 is 0 Å². The summed E-state index contributed by atoms with van der Waals surface area (Å²) < 4.78 is 12.9. The average molecular weight is 207 g/mol. The topological polar surface area (TPSA) is 34.9 Å². The zero-order chi connectivity index (χ0) is 9.14. The lowest BCUT2D eigenvalue weighted by Gasteiger charge is -2.00. The zero-order valence-corrected chi connectivity index (χ0v) is 8.65. The van der Waals surface area contributed by atoms with Crippen LogP contribution in [0.2, 0.25) is 5.15 Å². The fourth-order valence-corrected chi connectivity index (χ4v) is 1.71. The van der Waals surface area contributed by atoms with E-state index in [2.05, 4.69) is 4.98 Å². The minimum atomic E-state index is -0.817. The van der Waals surface area contributed by atoms with Crippen molar-refractivity contribution in [3.63, 3.8) is 0 Å². The average Bonchev–Trinajstić information content (AvgIpc) is 2.36. The highest BCUT2D eigenvalue weighted by Crippen LogP contribution is 2.10. The monoisotopic (exact) mass is 206 g/mol. The Balaban J connectivity index is 2.76. The van der Waals surface area contributed by atoms with E-state index in [1.807, 2.05) is 14.0 Å². The highest BCUT2D eigenvalue weighted by atomic mass is 35.5. The van der Waals surface area contributed by atoms with E-state index in [1.54, 1.807) is 10.8 Å². The first kappa shape index (κ1) is 9.74. The van der Waals surface area contributed by atoms with Gasteiger partial charge in [0.2, 0.25) is 0 Å². The number of hydrogen-bond acceptors (Lipinski definition) is 2. The summed E-state index contributed by atoms with van der Waals surface area (Å²) >= 11 is 5.76. The minimum absolute atomic E-state index is 0.486. The Kier molecular flexibility index (Phi) is 3.29. The number of rotatable bonds is 3. The molecule has 0 saturated heterocycles. The van der Waals surface area contributed by atoms with Gasteiger partial charge in [-0.25, -0.2) is 4.98 Å². The van der Waals surface area contributed by atoms with Gasteiger partial charge in [-0.3, -0.25) is 4.21 Å². The fourth-order valence-electron chi connectivity index (χ4n) is 0.804. The molecule has 0 fully saturated rings. The Morgan fingerprint density at radius 1 is 1.75 bits per heavy atom. The van der Waals surface area contributed by atoms with Crippen LogP contribution in [0.3, 0.4) is 0 Å². The summed E-state index contributed by atoms with van der Waals surface area (Å²) in [5, 5.41) is 0.582. The van der Waals surface area contributed by atoms with E-state index in [0.29, 0.717) is 16.7 Å². The third-order valence-electron chi connectivity index (χ3n) is 1.64. The maximum absolute atomic E-state index is 11.2. The summed E-state index contributed by atoms with van der Waals surface area (Å²) in [5.41, 5.74) is 0. The van der Waals surface area contributed by atoms with E-state index in [9.17, 15) is 4.21 Å². The summed E-state index contributed by atoms with van der Waals surface area (Å²) in [4.78, 5) is 4.04. The molecule has 1 unspecified atom stereocenters. The molecule has 0 aliphatic carbocycles. The predicted molar refractivity (Wildman–Crippen MR) is 50.6 cm³/mol. The van der Waals surface area contributed by atoms with Gasteiger partial charge in [-0.15, -0.1) is 0 Å². The van der Waals surface area contributed by atoms with Crippen molar-refractivity contribution < 1.29 is 4.21 Å². The van der Waals surface area contributed by atoms with Crippen LogP contribution in [0.5, 0.6) is 0 Å². The third kappa shape index (κ3) is 2.08. The molecule has 0 saturated carbocycles. The van der Waals surface area contributed by atoms with Crippen LogP contribution >= 0.6 is 11.6 Å². The van der Waals surface area contributed by atoms with Gasteiger partial charge in [0.1, 0.15) is 11.0 Å². The molecule has 3 nitrogen and oxygen atoms in total. The van der Waals surface area contributed by atoms with Gasteiger partial charge in [0.05, 0.1) is 11.9 Å². The van der Waals surface area contributed by atoms with Gasteiger partial charge in [-0.1, -0.05) is 18.5 Å². The maximum Gasteiger partial charge on any atom is 0.128 e. The van der Waals surface area contributed by atoms with Crippen molar-refractivity contribution in [1.82, 2.24) is 9.55 Å². The second-order valence-electron chi connectivity index (χ2n) is 2.43. The molecule has 0 aromatic carbocycles. The first-order valence-electron chi connectivity index (χ1n) is 3.66. The molecule has 0 bridgehead atoms. The molecule has 5 heteroatoms. The molecule has 68 valence electrons. The lowest BCUT2D eigenvalue weighted by molar-refractivity contribution is 0.680. The Morgan fingerprint density at radius 3 is 2.83 bits per heavy atom. The van der Waals surface area contributed by atoms with E-state index in [1.165, 1.54) is 0 Å². The van der Waals surface area contributed by atoms with Crippen LogP contribution in [0.25, 0.3) is 0 Å². The fraction of sp³-hybridized carbons (Fsp3) is 0.571. The van der Waals surface area contributed by atoms with Crippen LogP contribution in [0.4, 0.5) is 0 Å². The standard InChI is InChI=1S/C7H11ClN2OS/c1-3-12(11)5-7-9-4-6(8)10(7)2/h4H,3,5H2,1-2H3. The smallest absolute Gasteiger partial charge is 0.128 e. The second-order valence-corrected chi connectivity index (χ2v) is 4.56. The van der Waals surface area contributed by atoms with Crippen LogP contribution in [-0.2, 0) is 23.6 Å². The minimum Gasteiger partial charge on any atom is -0.321 e. The van der Waals surface area contributed by atoms with Crippen LogP contribution in [0, 0.1) is 0 Å². The van der Waals surface area contributed by atoms with Gasteiger partial charge in [-0.2, -0.15) is 0 Å². The Bertz CT molecular complexity index is 298. The van der Waals surface area contributed by atoms with E-state index in [4.69, 9.17) is 11.6 Å². The number of nitrogens with zero attached hydrogens (tertiary/aromatic N) is 2. The molecule has 1 heterocycles. The molecule has 1 aromatic heterocycles. The molecule has 0 amide bonds. The van der Waals surface area contributed by atoms with Crippen molar-refractivity contribution in [3.05, 3.63) is 17.2 Å². The van der Waals surface area contributed by atoms with Gasteiger partial charge in [0, 0.05) is 23.6 Å². The maximum atomic E-state index is 11.2. The van der Waals surface area contributed by atoms with Crippen molar-refractivity contribution in [2.24, 2.45) is 7.05 Å². The van der Waals surface area contributed by atoms with E-state index < -0.39 is 10.8 Å². The molecule has 0 aliphatic heterocycles. The van der Waals surface area contributed by atoms with Gasteiger partial charge in [0.15, 0.2) is 0 Å². The lowest BCUT2D eigenvalue weighted by atomic mass is 10.7. The Labute approximate surface area is 79.2 Å². The summed E-state index contributed by atoms with van der Waals surface area (Å²) in [6, 6.07) is 0. The van der Waals surface area contributed by atoms with Crippen LogP contribution in [0.1, 0.15) is 12.7 Å². The van der Waals surface area contributed by atoms with E-state index in [0.717, 1.165) is 5.82 Å². The second kappa shape index (κ2) is 4.05. The highest BCUT2D eigenvalue weighted by Gasteiger charge is 2.06. The van der Waals surface area contributed by atoms with Crippen molar-refractivity contribution in [3.8, 4) is 0 Å². The third-order valence-corrected chi connectivity index (χ3v) is 3.22. The SMILES string of the molecule is CCS(=O)Cc1ncc(Cl)n1C. The van der Waals surface area contributed by atoms with Crippen molar-refractivity contribution in [1.29, 1.82) is 0 Å². The van der Waals surface area contributed by atoms with Gasteiger partial charge in [-0.05, 0) is 0 Å². The highest BCUT2D eigenvalue weighted by molar-refractivity contribution is 7.84. The first-order chi connectivity index (χ1) is 5.65. The molecule has 12 heavy (non-hydrogen) atoms. The molecular formula is C7H11ClN2OS. The molecule has 0 N–H and O–H groups in total. The molecule has 0 radical (unpaired) electrons. The summed E-state index contributed by atoms with van der Waals surface area (Å²) in [5.74, 6) is 1.92. The summed E-state index contributed by atoms with van der Waals surface area (Å²) in [7, 11) is 1.00. The van der Waals surface area contributed by atoms with Gasteiger partial charge in [0.25, 0.3) is 0 Å². The number of imidazole rings is 1. The van der Waals surface area contributed by atoms with Gasteiger partial charge >= 0.3 is 0 Å². The quantitative estimate of drug-likeness (QED) is 0.748. The Hall–Kier alpha value is -0.350. The van der Waals surface area contributed by atoms with Crippen molar-refractivity contribution >= 4 is 22.4 Å². The molecule has 1 atom stereocenters. The zero-order valence-electron chi connectivity index (χ0n) is 7.08. The molecule has 0 aliphatic rings. The molecule has 1 rings (SSSR count). The number of halogens is 1. The predicted octanol–water partition coefficient (Wildman–Crippen LogP) is 1.34. The van der Waals surface area contributed by atoms with Crippen molar-refractivity contribution in [2.75, 3.05) is 5.75 Å². The number of aromatic nitrogens is 2. The number of hydrogen-bond donors (Lipinski definition) is 0. The van der Waals surface area contributed by atoms with E-state index >= 15 is 0 Å². The van der Waals surface area contributed by atoms with Gasteiger partial charge < -0.3 is 4.57 Å². The van der Waals surface area contributed by atoms with E-state index in [-0.39, 0.29) is 0 Å². The van der Waals surface area contributed by atoms with Crippen molar-refractivity contribution in [2.45, 2.75) is 12.7 Å². The molecular weight excluding hydrogens is 196 g/mol. The normalized spacial score (nSPS) is 13.2. The van der Waals surface area contributed by atoms with Crippen LogP contribution in [-0.4, -0.2) is 19.5 Å². The largest absolute Gasteiger partial charge is 0.321 e. The molecule has 1 aromatic rings.